The van der Waals surface area contributed by atoms with Crippen molar-refractivity contribution in [2.75, 3.05) is 26.2 Å². The number of aliphatic hydroxyl groups is 1. The zero-order valence-electron chi connectivity index (χ0n) is 9.53. The zero-order chi connectivity index (χ0) is 10.8. The third-order valence-electron chi connectivity index (χ3n) is 2.85. The van der Waals surface area contributed by atoms with Crippen LogP contribution in [0.3, 0.4) is 0 Å². The van der Waals surface area contributed by atoms with Gasteiger partial charge in [0.25, 0.3) is 0 Å². The molecule has 1 unspecified atom stereocenters. The SMILES string of the molecule is C=CC(O)N1CCN(C(C)(C)C)CC1. The molecule has 1 atom stereocenters. The first kappa shape index (κ1) is 11.7. The summed E-state index contributed by atoms with van der Waals surface area (Å²) in [7, 11) is 0. The molecule has 14 heavy (non-hydrogen) atoms. The van der Waals surface area contributed by atoms with Crippen LogP contribution in [0.4, 0.5) is 0 Å². The van der Waals surface area contributed by atoms with E-state index in [-0.39, 0.29) is 5.54 Å². The lowest BCUT2D eigenvalue weighted by Gasteiger charge is -2.43. The zero-order valence-corrected chi connectivity index (χ0v) is 9.53. The molecule has 82 valence electrons. The van der Waals surface area contributed by atoms with Gasteiger partial charge in [-0.2, -0.15) is 0 Å². The average Bonchev–Trinajstić information content (AvgIpc) is 2.15. The highest BCUT2D eigenvalue weighted by Crippen LogP contribution is 2.16. The molecular weight excluding hydrogens is 176 g/mol. The fourth-order valence-corrected chi connectivity index (χ4v) is 1.81. The maximum absolute atomic E-state index is 9.56. The first-order valence-corrected chi connectivity index (χ1v) is 5.25. The van der Waals surface area contributed by atoms with Gasteiger partial charge in [-0.25, -0.2) is 0 Å². The van der Waals surface area contributed by atoms with Crippen LogP contribution in [0, 0.1) is 0 Å². The van der Waals surface area contributed by atoms with Gasteiger partial charge in [0.05, 0.1) is 0 Å². The van der Waals surface area contributed by atoms with E-state index in [4.69, 9.17) is 0 Å². The number of piperazine rings is 1. The molecule has 1 N–H and O–H groups in total. The van der Waals surface area contributed by atoms with Gasteiger partial charge in [0.15, 0.2) is 0 Å². The van der Waals surface area contributed by atoms with E-state index in [1.165, 1.54) is 0 Å². The Labute approximate surface area is 87.0 Å². The Morgan fingerprint density at radius 3 is 2.07 bits per heavy atom. The van der Waals surface area contributed by atoms with E-state index in [0.717, 1.165) is 26.2 Å². The summed E-state index contributed by atoms with van der Waals surface area (Å²) in [6, 6.07) is 0. The molecule has 1 saturated heterocycles. The lowest BCUT2D eigenvalue weighted by atomic mass is 10.0. The Morgan fingerprint density at radius 2 is 1.71 bits per heavy atom. The van der Waals surface area contributed by atoms with E-state index in [1.807, 2.05) is 0 Å². The largest absolute Gasteiger partial charge is 0.375 e. The van der Waals surface area contributed by atoms with Gasteiger partial charge in [0.2, 0.25) is 0 Å². The van der Waals surface area contributed by atoms with Crippen LogP contribution in [0.2, 0.25) is 0 Å². The molecule has 0 aliphatic carbocycles. The minimum absolute atomic E-state index is 0.241. The Hall–Kier alpha value is -0.380. The van der Waals surface area contributed by atoms with Gasteiger partial charge in [-0.15, -0.1) is 0 Å². The van der Waals surface area contributed by atoms with Crippen molar-refractivity contribution in [3.8, 4) is 0 Å². The first-order valence-electron chi connectivity index (χ1n) is 5.25. The van der Waals surface area contributed by atoms with E-state index in [9.17, 15) is 5.11 Å². The summed E-state index contributed by atoms with van der Waals surface area (Å²) < 4.78 is 0. The van der Waals surface area contributed by atoms with E-state index < -0.39 is 6.23 Å². The van der Waals surface area contributed by atoms with Crippen LogP contribution in [-0.4, -0.2) is 52.9 Å². The molecule has 1 aliphatic rings. The second kappa shape index (κ2) is 4.43. The molecule has 1 aliphatic heterocycles. The average molecular weight is 198 g/mol. The lowest BCUT2D eigenvalue weighted by Crippen LogP contribution is -2.55. The minimum atomic E-state index is -0.475. The topological polar surface area (TPSA) is 26.7 Å². The van der Waals surface area contributed by atoms with Crippen molar-refractivity contribution in [3.63, 3.8) is 0 Å². The number of rotatable bonds is 2. The van der Waals surface area contributed by atoms with Gasteiger partial charge >= 0.3 is 0 Å². The molecule has 0 aromatic rings. The Balaban J connectivity index is 2.42. The minimum Gasteiger partial charge on any atom is -0.375 e. The molecule has 1 rings (SSSR count). The van der Waals surface area contributed by atoms with E-state index in [1.54, 1.807) is 6.08 Å². The Morgan fingerprint density at radius 1 is 1.21 bits per heavy atom. The summed E-state index contributed by atoms with van der Waals surface area (Å²) in [5.74, 6) is 0. The van der Waals surface area contributed by atoms with Crippen LogP contribution < -0.4 is 0 Å². The highest BCUT2D eigenvalue weighted by atomic mass is 16.3. The maximum atomic E-state index is 9.56. The van der Waals surface area contributed by atoms with Crippen molar-refractivity contribution in [1.82, 2.24) is 9.80 Å². The predicted octanol–water partition coefficient (Wildman–Crippen LogP) is 0.907. The number of hydrogen-bond acceptors (Lipinski definition) is 3. The summed E-state index contributed by atoms with van der Waals surface area (Å²) in [5.41, 5.74) is 0.241. The normalized spacial score (nSPS) is 23.4. The molecule has 0 amide bonds. The van der Waals surface area contributed by atoms with Crippen LogP contribution in [0.15, 0.2) is 12.7 Å². The first-order chi connectivity index (χ1) is 6.45. The van der Waals surface area contributed by atoms with Crippen molar-refractivity contribution < 1.29 is 5.11 Å². The quantitative estimate of drug-likeness (QED) is 0.668. The van der Waals surface area contributed by atoms with Crippen LogP contribution in [0.1, 0.15) is 20.8 Å². The van der Waals surface area contributed by atoms with Crippen molar-refractivity contribution in [3.05, 3.63) is 12.7 Å². The van der Waals surface area contributed by atoms with Crippen LogP contribution in [0.25, 0.3) is 0 Å². The molecular formula is C11H22N2O. The van der Waals surface area contributed by atoms with Gasteiger partial charge in [-0.05, 0) is 26.8 Å². The fraction of sp³-hybridized carbons (Fsp3) is 0.818. The summed E-state index contributed by atoms with van der Waals surface area (Å²) in [5, 5.41) is 9.56. The van der Waals surface area contributed by atoms with Crippen molar-refractivity contribution >= 4 is 0 Å². The van der Waals surface area contributed by atoms with Gasteiger partial charge in [0, 0.05) is 31.7 Å². The summed E-state index contributed by atoms with van der Waals surface area (Å²) in [6.45, 7) is 14.2. The third kappa shape index (κ3) is 2.80. The van der Waals surface area contributed by atoms with Gasteiger partial charge in [-0.1, -0.05) is 6.58 Å². The van der Waals surface area contributed by atoms with Crippen molar-refractivity contribution in [2.24, 2.45) is 0 Å². The maximum Gasteiger partial charge on any atom is 0.126 e. The van der Waals surface area contributed by atoms with Crippen LogP contribution in [-0.2, 0) is 0 Å². The molecule has 0 saturated carbocycles. The number of hydrogen-bond donors (Lipinski definition) is 1. The molecule has 0 spiro atoms. The highest BCUT2D eigenvalue weighted by molar-refractivity contribution is 4.86. The molecule has 0 radical (unpaired) electrons. The summed E-state index contributed by atoms with van der Waals surface area (Å²) >= 11 is 0. The molecule has 0 bridgehead atoms. The monoisotopic (exact) mass is 198 g/mol. The van der Waals surface area contributed by atoms with Gasteiger partial charge < -0.3 is 5.11 Å². The molecule has 3 heteroatoms. The van der Waals surface area contributed by atoms with Crippen molar-refractivity contribution in [1.29, 1.82) is 0 Å². The van der Waals surface area contributed by atoms with Crippen LogP contribution >= 0.6 is 0 Å². The molecule has 0 aromatic heterocycles. The van der Waals surface area contributed by atoms with E-state index in [2.05, 4.69) is 37.1 Å². The summed E-state index contributed by atoms with van der Waals surface area (Å²) in [4.78, 5) is 4.49. The lowest BCUT2D eigenvalue weighted by molar-refractivity contribution is -0.0158. The highest BCUT2D eigenvalue weighted by Gasteiger charge is 2.27. The standard InChI is InChI=1S/C11H22N2O/c1-5-10(14)12-6-8-13(9-7-12)11(2,3)4/h5,10,14H,1,6-9H2,2-4H3. The number of aliphatic hydroxyl groups excluding tert-OH is 1. The molecule has 1 fully saturated rings. The fourth-order valence-electron chi connectivity index (χ4n) is 1.81. The summed E-state index contributed by atoms with van der Waals surface area (Å²) in [6.07, 6.45) is 1.12. The van der Waals surface area contributed by atoms with Gasteiger partial charge in [0.1, 0.15) is 6.23 Å². The Kier molecular flexibility index (Phi) is 3.70. The second-order valence-corrected chi connectivity index (χ2v) is 4.84. The van der Waals surface area contributed by atoms with E-state index in [0.29, 0.717) is 0 Å². The smallest absolute Gasteiger partial charge is 0.126 e. The van der Waals surface area contributed by atoms with Gasteiger partial charge in [-0.3, -0.25) is 9.80 Å². The second-order valence-electron chi connectivity index (χ2n) is 4.84. The van der Waals surface area contributed by atoms with E-state index >= 15 is 0 Å². The predicted molar refractivity (Wildman–Crippen MR) is 59.1 cm³/mol. The molecule has 1 heterocycles. The Bertz CT molecular complexity index is 190. The third-order valence-corrected chi connectivity index (χ3v) is 2.85. The van der Waals surface area contributed by atoms with Crippen molar-refractivity contribution in [2.45, 2.75) is 32.5 Å². The number of nitrogens with zero attached hydrogens (tertiary/aromatic N) is 2. The van der Waals surface area contributed by atoms with Crippen LogP contribution in [0.5, 0.6) is 0 Å². The molecule has 3 nitrogen and oxygen atoms in total. The molecule has 0 aromatic carbocycles.